The predicted molar refractivity (Wildman–Crippen MR) is 20.3 cm³/mol. The molecule has 0 saturated heterocycles. The van der Waals surface area contributed by atoms with E-state index in [1.54, 1.807) is 0 Å². The minimum absolute atomic E-state index is 0. The fourth-order valence-electron chi connectivity index (χ4n) is 0. The molecule has 35 valence electrons. The monoisotopic (exact) mass is 365 g/mol. The molecule has 0 N–H and O–H groups in total. The van der Waals surface area contributed by atoms with Crippen LogP contribution in [0.5, 0.6) is 0 Å². The first-order chi connectivity index (χ1) is 0. The van der Waals surface area contributed by atoms with E-state index in [1.165, 1.54) is 0 Å². The Labute approximate surface area is 70.2 Å². The predicted octanol–water partition coefficient (Wildman–Crippen LogP) is -1.08. The third-order valence-corrected chi connectivity index (χ3v) is 0. The summed E-state index contributed by atoms with van der Waals surface area (Å²) in [6, 6.07) is 0. The first-order valence-electron chi connectivity index (χ1n) is 0. The Morgan fingerprint density at radius 3 is 1.00 bits per heavy atom. The Bertz CT molecular complexity index is 8.00. The fourth-order valence-corrected chi connectivity index (χ4v) is 0. The standard InChI is InChI=1S/AsH3.Au.Fe.H2S/h1H3;;;1H2. The topological polar surface area (TPSA) is 0 Å². The van der Waals surface area contributed by atoms with Crippen LogP contribution in [-0.2, 0) is 39.4 Å². The van der Waals surface area contributed by atoms with Crippen LogP contribution in [0.2, 0.25) is 0 Å². The number of hydrogen-bond acceptors (Lipinski definition) is 0. The van der Waals surface area contributed by atoms with E-state index < -0.39 is 0 Å². The van der Waals surface area contributed by atoms with Gasteiger partial charge in [-0.2, -0.15) is 13.5 Å². The normalized spacial score (nSPS) is 0. The smallest absolute Gasteiger partial charge is 0 e. The summed E-state index contributed by atoms with van der Waals surface area (Å²) < 4.78 is 0. The van der Waals surface area contributed by atoms with Crippen molar-refractivity contribution in [3.63, 3.8) is 0 Å². The van der Waals surface area contributed by atoms with Gasteiger partial charge in [0.15, 0.2) is 0 Å². The van der Waals surface area contributed by atoms with Crippen LogP contribution >= 0.6 is 13.5 Å². The van der Waals surface area contributed by atoms with E-state index in [-0.39, 0.29) is 70.9 Å². The van der Waals surface area contributed by atoms with Gasteiger partial charge in [-0.1, -0.05) is 0 Å². The first kappa shape index (κ1) is 35.0. The van der Waals surface area contributed by atoms with Crippen LogP contribution in [0.3, 0.4) is 0 Å². The van der Waals surface area contributed by atoms with E-state index in [9.17, 15) is 0 Å². The van der Waals surface area contributed by atoms with Gasteiger partial charge in [-0.05, 0) is 0 Å². The van der Waals surface area contributed by atoms with Crippen molar-refractivity contribution in [2.75, 3.05) is 0 Å². The molecule has 4 heteroatoms. The number of rotatable bonds is 0. The zero-order valence-corrected chi connectivity index (χ0v) is 9.10. The molecule has 0 nitrogen and oxygen atoms in total. The van der Waals surface area contributed by atoms with Gasteiger partial charge in [0.1, 0.15) is 0 Å². The Morgan fingerprint density at radius 1 is 1.00 bits per heavy atom. The van der Waals surface area contributed by atoms with Gasteiger partial charge in [0, 0.05) is 39.4 Å². The second-order valence-corrected chi connectivity index (χ2v) is 0. The second kappa shape index (κ2) is 19.1. The molecule has 4 heavy (non-hydrogen) atoms. The van der Waals surface area contributed by atoms with Gasteiger partial charge >= 0.3 is 18.0 Å². The summed E-state index contributed by atoms with van der Waals surface area (Å²) in [5.41, 5.74) is 0. The molecule has 1 atom stereocenters. The van der Waals surface area contributed by atoms with Crippen molar-refractivity contribution < 1.29 is 39.4 Å². The molecule has 0 bridgehead atoms. The van der Waals surface area contributed by atoms with Crippen LogP contribution in [0, 0.1) is 0 Å². The maximum absolute atomic E-state index is 0. The minimum Gasteiger partial charge on any atom is 0 e. The van der Waals surface area contributed by atoms with Gasteiger partial charge in [0.2, 0.25) is 0 Å². The molecule has 0 spiro atoms. The molecule has 0 aliphatic heterocycles. The van der Waals surface area contributed by atoms with Crippen LogP contribution in [-0.4, -0.2) is 18.0 Å². The molecule has 0 aromatic carbocycles. The molecule has 0 rings (SSSR count). The quantitative estimate of drug-likeness (QED) is 0.480. The van der Waals surface area contributed by atoms with E-state index in [0.29, 0.717) is 0 Å². The maximum Gasteiger partial charge on any atom is 0 e. The molecule has 1 radical (unpaired) electrons. The summed E-state index contributed by atoms with van der Waals surface area (Å²) >= 11 is 0. The van der Waals surface area contributed by atoms with E-state index in [4.69, 9.17) is 0 Å². The van der Waals surface area contributed by atoms with Crippen LogP contribution < -0.4 is 0 Å². The molecular formula is H5AsAuFeS. The van der Waals surface area contributed by atoms with Crippen molar-refractivity contribution in [2.24, 2.45) is 0 Å². The molecular weight excluding hydrogens is 360 g/mol. The zero-order valence-electron chi connectivity index (χ0n) is 1.86. The SMILES string of the molecule is S.[AsH3].[Au].[Fe]. The molecule has 1 unspecified atom stereocenters. The Balaban J connectivity index is 0. The minimum atomic E-state index is 0. The molecule has 0 aromatic heterocycles. The van der Waals surface area contributed by atoms with E-state index in [0.717, 1.165) is 0 Å². The molecule has 0 aromatic rings. The van der Waals surface area contributed by atoms with Crippen LogP contribution in [0.15, 0.2) is 0 Å². The third-order valence-electron chi connectivity index (χ3n) is 0. The van der Waals surface area contributed by atoms with Gasteiger partial charge in [0.25, 0.3) is 0 Å². The summed E-state index contributed by atoms with van der Waals surface area (Å²) in [6.45, 7) is 0. The zero-order chi connectivity index (χ0) is 0. The Hall–Kier alpha value is 2.17. The van der Waals surface area contributed by atoms with Gasteiger partial charge in [-0.25, -0.2) is 0 Å². The van der Waals surface area contributed by atoms with Crippen LogP contribution in [0.1, 0.15) is 0 Å². The summed E-state index contributed by atoms with van der Waals surface area (Å²) in [5, 5.41) is 0. The van der Waals surface area contributed by atoms with Crippen molar-refractivity contribution in [3.05, 3.63) is 0 Å². The van der Waals surface area contributed by atoms with E-state index in [2.05, 4.69) is 0 Å². The largest absolute Gasteiger partial charge is 0 e. The van der Waals surface area contributed by atoms with Crippen LogP contribution in [0.4, 0.5) is 0 Å². The summed E-state index contributed by atoms with van der Waals surface area (Å²) in [5.74, 6) is 0. The average Bonchev–Trinajstić information content (AvgIpc) is 0. The van der Waals surface area contributed by atoms with Gasteiger partial charge in [0.05, 0.1) is 0 Å². The van der Waals surface area contributed by atoms with Gasteiger partial charge in [-0.15, -0.1) is 0 Å². The van der Waals surface area contributed by atoms with Crippen molar-refractivity contribution in [3.8, 4) is 0 Å². The van der Waals surface area contributed by atoms with Crippen molar-refractivity contribution >= 4 is 31.4 Å². The molecule has 0 aliphatic rings. The van der Waals surface area contributed by atoms with E-state index in [1.807, 2.05) is 0 Å². The van der Waals surface area contributed by atoms with E-state index >= 15 is 0 Å². The Kier molecular flexibility index (Phi) is 167. The molecule has 0 saturated carbocycles. The molecule has 0 fully saturated rings. The summed E-state index contributed by atoms with van der Waals surface area (Å²) in [7, 11) is 0. The second-order valence-electron chi connectivity index (χ2n) is 0. The molecule has 0 aliphatic carbocycles. The summed E-state index contributed by atoms with van der Waals surface area (Å²) in [6.07, 6.45) is 0. The Morgan fingerprint density at radius 2 is 1.00 bits per heavy atom. The van der Waals surface area contributed by atoms with Crippen molar-refractivity contribution in [1.82, 2.24) is 0 Å². The van der Waals surface area contributed by atoms with Gasteiger partial charge in [-0.3, -0.25) is 0 Å². The number of hydrogen-bond donors (Lipinski definition) is 0. The molecule has 0 amide bonds. The first-order valence-corrected chi connectivity index (χ1v) is 0. The van der Waals surface area contributed by atoms with Crippen molar-refractivity contribution in [1.29, 1.82) is 0 Å². The maximum atomic E-state index is 0. The molecule has 0 heterocycles. The third kappa shape index (κ3) is 8.90. The van der Waals surface area contributed by atoms with Gasteiger partial charge < -0.3 is 0 Å². The fraction of sp³-hybridized carbons (Fsp3) is 0. The summed E-state index contributed by atoms with van der Waals surface area (Å²) in [4.78, 5) is 0. The average molecular weight is 365 g/mol. The van der Waals surface area contributed by atoms with Crippen molar-refractivity contribution in [2.45, 2.75) is 0 Å². The van der Waals surface area contributed by atoms with Crippen LogP contribution in [0.25, 0.3) is 0 Å².